The summed E-state index contributed by atoms with van der Waals surface area (Å²) in [5, 5.41) is 0. The van der Waals surface area contributed by atoms with E-state index in [-0.39, 0.29) is 5.97 Å². The molecule has 0 radical (unpaired) electrons. The van der Waals surface area contributed by atoms with Crippen LogP contribution in [0.25, 0.3) is 0 Å². The van der Waals surface area contributed by atoms with Gasteiger partial charge in [-0.15, -0.1) is 0 Å². The molecule has 0 saturated heterocycles. The number of carbonyl (C=O) groups excluding carboxylic acids is 1. The summed E-state index contributed by atoms with van der Waals surface area (Å²) < 4.78 is 7.29. The van der Waals surface area contributed by atoms with Gasteiger partial charge >= 0.3 is 5.97 Å². The number of halogens is 3. The number of rotatable bonds is 3. The second kappa shape index (κ2) is 7.05. The van der Waals surface area contributed by atoms with E-state index in [1.807, 2.05) is 18.2 Å². The van der Waals surface area contributed by atoms with Crippen molar-refractivity contribution < 1.29 is 9.53 Å². The summed E-state index contributed by atoms with van der Waals surface area (Å²) >= 11 is 6.57. The molecular weight excluding hydrogens is 533 g/mol. The highest BCUT2D eigenvalue weighted by atomic mass is 127. The standard InChI is InChI=1S/C10H7I3O2/c11-8(9(12)13)6-15-10(14)7-4-2-1-3-5-7/h1-5H,6H2. The number of benzene rings is 1. The highest BCUT2D eigenvalue weighted by molar-refractivity contribution is 14.2. The first-order chi connectivity index (χ1) is 7.11. The zero-order valence-corrected chi connectivity index (χ0v) is 14.0. The summed E-state index contributed by atoms with van der Waals surface area (Å²) in [6, 6.07) is 9.00. The van der Waals surface area contributed by atoms with Crippen LogP contribution in [-0.4, -0.2) is 12.6 Å². The van der Waals surface area contributed by atoms with E-state index in [0.29, 0.717) is 12.2 Å². The number of esters is 1. The molecule has 5 heteroatoms. The van der Waals surface area contributed by atoms with Crippen LogP contribution < -0.4 is 0 Å². The highest BCUT2D eigenvalue weighted by Gasteiger charge is 2.07. The maximum Gasteiger partial charge on any atom is 0.338 e. The Labute approximate surface area is 129 Å². The summed E-state index contributed by atoms with van der Waals surface area (Å²) in [4.78, 5) is 11.5. The maximum atomic E-state index is 11.5. The van der Waals surface area contributed by atoms with Gasteiger partial charge in [-0.1, -0.05) is 18.2 Å². The molecule has 0 N–H and O–H groups in total. The van der Waals surface area contributed by atoms with E-state index >= 15 is 0 Å². The van der Waals surface area contributed by atoms with Crippen molar-refractivity contribution in [1.29, 1.82) is 0 Å². The molecule has 0 saturated carbocycles. The van der Waals surface area contributed by atoms with E-state index in [4.69, 9.17) is 4.74 Å². The Kier molecular flexibility index (Phi) is 6.43. The lowest BCUT2D eigenvalue weighted by molar-refractivity contribution is 0.0548. The van der Waals surface area contributed by atoms with Crippen LogP contribution >= 0.6 is 67.8 Å². The van der Waals surface area contributed by atoms with Crippen molar-refractivity contribution in [3.63, 3.8) is 0 Å². The minimum Gasteiger partial charge on any atom is -0.457 e. The van der Waals surface area contributed by atoms with Gasteiger partial charge in [-0.3, -0.25) is 0 Å². The average Bonchev–Trinajstić information content (AvgIpc) is 2.26. The summed E-state index contributed by atoms with van der Waals surface area (Å²) in [6.07, 6.45) is 0. The minimum absolute atomic E-state index is 0.279. The first-order valence-corrected chi connectivity index (χ1v) is 7.26. The highest BCUT2D eigenvalue weighted by Crippen LogP contribution is 2.25. The van der Waals surface area contributed by atoms with Crippen molar-refractivity contribution in [2.24, 2.45) is 0 Å². The van der Waals surface area contributed by atoms with Crippen LogP contribution in [0.2, 0.25) is 0 Å². The zero-order valence-electron chi connectivity index (χ0n) is 7.54. The van der Waals surface area contributed by atoms with Gasteiger partial charge < -0.3 is 4.74 Å². The zero-order chi connectivity index (χ0) is 11.3. The molecule has 0 fully saturated rings. The molecule has 0 heterocycles. The van der Waals surface area contributed by atoms with Gasteiger partial charge in [0.2, 0.25) is 0 Å². The third-order valence-corrected chi connectivity index (χ3v) is 5.76. The summed E-state index contributed by atoms with van der Waals surface area (Å²) in [5.41, 5.74) is 0.588. The van der Waals surface area contributed by atoms with Gasteiger partial charge in [0.1, 0.15) is 6.61 Å². The average molecular weight is 540 g/mol. The lowest BCUT2D eigenvalue weighted by Crippen LogP contribution is -2.06. The lowest BCUT2D eigenvalue weighted by atomic mass is 10.2. The van der Waals surface area contributed by atoms with Crippen molar-refractivity contribution >= 4 is 73.7 Å². The van der Waals surface area contributed by atoms with Crippen LogP contribution in [0.15, 0.2) is 35.5 Å². The molecule has 0 spiro atoms. The molecule has 1 rings (SSSR count). The fourth-order valence-electron chi connectivity index (χ4n) is 0.841. The normalized spacial score (nSPS) is 9.53. The van der Waals surface area contributed by atoms with Crippen molar-refractivity contribution in [3.05, 3.63) is 41.1 Å². The molecule has 0 atom stereocenters. The van der Waals surface area contributed by atoms with Crippen LogP contribution in [0.3, 0.4) is 0 Å². The fraction of sp³-hybridized carbons (Fsp3) is 0.100. The lowest BCUT2D eigenvalue weighted by Gasteiger charge is -2.04. The number of hydrogen-bond donors (Lipinski definition) is 0. The van der Waals surface area contributed by atoms with E-state index in [1.165, 1.54) is 0 Å². The van der Waals surface area contributed by atoms with E-state index in [0.717, 1.165) is 5.17 Å². The molecule has 0 aliphatic carbocycles. The molecule has 0 aliphatic rings. The summed E-state index contributed by atoms with van der Waals surface area (Å²) in [6.45, 7) is 0.343. The van der Waals surface area contributed by atoms with Gasteiger partial charge in [-0.25, -0.2) is 4.79 Å². The Hall–Kier alpha value is 0.620. The molecule has 15 heavy (non-hydrogen) atoms. The predicted molar refractivity (Wildman–Crippen MR) is 85.8 cm³/mol. The monoisotopic (exact) mass is 540 g/mol. The maximum absolute atomic E-state index is 11.5. The molecule has 0 amide bonds. The Morgan fingerprint density at radius 1 is 1.13 bits per heavy atom. The van der Waals surface area contributed by atoms with Gasteiger partial charge in [-0.2, -0.15) is 0 Å². The number of carbonyl (C=O) groups is 1. The molecule has 0 bridgehead atoms. The molecule has 0 unspecified atom stereocenters. The largest absolute Gasteiger partial charge is 0.457 e. The van der Waals surface area contributed by atoms with Crippen LogP contribution in [0, 0.1) is 0 Å². The van der Waals surface area contributed by atoms with Gasteiger partial charge in [0.15, 0.2) is 0 Å². The van der Waals surface area contributed by atoms with Gasteiger partial charge in [0.05, 0.1) is 7.15 Å². The Morgan fingerprint density at radius 3 is 2.27 bits per heavy atom. The van der Waals surface area contributed by atoms with Crippen LogP contribution in [0.4, 0.5) is 0 Å². The number of hydrogen-bond acceptors (Lipinski definition) is 2. The topological polar surface area (TPSA) is 26.3 Å². The van der Waals surface area contributed by atoms with E-state index in [9.17, 15) is 4.79 Å². The second-order valence-corrected chi connectivity index (χ2v) is 8.13. The molecule has 1 aromatic carbocycles. The third kappa shape index (κ3) is 4.98. The first kappa shape index (κ1) is 13.7. The fourth-order valence-corrected chi connectivity index (χ4v) is 1.31. The quantitative estimate of drug-likeness (QED) is 0.423. The summed E-state index contributed by atoms with van der Waals surface area (Å²) in [5.74, 6) is -0.279. The van der Waals surface area contributed by atoms with E-state index in [1.54, 1.807) is 12.1 Å². The van der Waals surface area contributed by atoms with Gasteiger partial charge in [0, 0.05) is 3.58 Å². The molecule has 2 nitrogen and oxygen atoms in total. The van der Waals surface area contributed by atoms with Gasteiger partial charge in [-0.05, 0) is 79.9 Å². The second-order valence-electron chi connectivity index (χ2n) is 2.61. The van der Waals surface area contributed by atoms with E-state index in [2.05, 4.69) is 67.8 Å². The van der Waals surface area contributed by atoms with Crippen molar-refractivity contribution in [2.45, 2.75) is 0 Å². The predicted octanol–water partition coefficient (Wildman–Crippen LogP) is 4.32. The van der Waals surface area contributed by atoms with Crippen molar-refractivity contribution in [1.82, 2.24) is 0 Å². The Balaban J connectivity index is 2.55. The number of ether oxygens (including phenoxy) is 1. The molecule has 0 aliphatic heterocycles. The van der Waals surface area contributed by atoms with Crippen molar-refractivity contribution in [2.75, 3.05) is 6.61 Å². The Bertz CT molecular complexity index is 370. The van der Waals surface area contributed by atoms with Gasteiger partial charge in [0.25, 0.3) is 0 Å². The van der Waals surface area contributed by atoms with E-state index < -0.39 is 0 Å². The minimum atomic E-state index is -0.279. The van der Waals surface area contributed by atoms with Crippen LogP contribution in [0.5, 0.6) is 0 Å². The summed E-state index contributed by atoms with van der Waals surface area (Å²) in [7, 11) is 0. The molecule has 0 aromatic heterocycles. The third-order valence-electron chi connectivity index (χ3n) is 1.54. The SMILES string of the molecule is O=C(OCC(I)=C(I)I)c1ccccc1. The van der Waals surface area contributed by atoms with Crippen LogP contribution in [-0.2, 0) is 4.74 Å². The van der Waals surface area contributed by atoms with Crippen molar-refractivity contribution in [3.8, 4) is 0 Å². The first-order valence-electron chi connectivity index (χ1n) is 4.03. The molecule has 1 aromatic rings. The Morgan fingerprint density at radius 2 is 1.73 bits per heavy atom. The smallest absolute Gasteiger partial charge is 0.338 e. The van der Waals surface area contributed by atoms with Crippen LogP contribution in [0.1, 0.15) is 10.4 Å². The molecule has 80 valence electrons. The molecular formula is C10H7I3O2.